The van der Waals surface area contributed by atoms with E-state index in [1.807, 2.05) is 22.7 Å². The summed E-state index contributed by atoms with van der Waals surface area (Å²) in [6, 6.07) is 68.7. The van der Waals surface area contributed by atoms with E-state index in [4.69, 9.17) is 0 Å². The van der Waals surface area contributed by atoms with E-state index in [2.05, 4.69) is 193 Å². The number of hydrogen-bond donors (Lipinski definition) is 0. The molecule has 10 aromatic rings. The van der Waals surface area contributed by atoms with Crippen LogP contribution < -0.4 is 4.90 Å². The molecular formula is C48H31NS2. The predicted octanol–water partition coefficient (Wildman–Crippen LogP) is 14.9. The van der Waals surface area contributed by atoms with Crippen LogP contribution in [0.15, 0.2) is 188 Å². The Balaban J connectivity index is 1.22. The quantitative estimate of drug-likeness (QED) is 0.168. The highest BCUT2D eigenvalue weighted by Crippen LogP contribution is 2.45. The molecule has 1 nitrogen and oxygen atoms in total. The molecule has 0 atom stereocenters. The predicted molar refractivity (Wildman–Crippen MR) is 223 cm³/mol. The van der Waals surface area contributed by atoms with E-state index in [1.54, 1.807) is 0 Å². The molecule has 10 rings (SSSR count). The maximum atomic E-state index is 2.43. The van der Waals surface area contributed by atoms with Crippen LogP contribution >= 0.6 is 22.7 Å². The molecule has 0 N–H and O–H groups in total. The monoisotopic (exact) mass is 685 g/mol. The maximum Gasteiger partial charge on any atom is 0.0473 e. The number of nitrogens with zero attached hydrogens (tertiary/aromatic N) is 1. The Morgan fingerprint density at radius 2 is 0.843 bits per heavy atom. The first kappa shape index (κ1) is 29.9. The van der Waals surface area contributed by atoms with E-state index >= 15 is 0 Å². The zero-order valence-corrected chi connectivity index (χ0v) is 29.3. The SMILES string of the molecule is c1ccc(-c2ccc(N(c3cc(-c4ccccc4)cc(-c4cccc5c4sc4ccccc45)c3)c3ccc4sc5ccccc5c4c3)cc2)cc1. The molecule has 0 bridgehead atoms. The molecule has 0 spiro atoms. The van der Waals surface area contributed by atoms with Crippen LogP contribution in [-0.4, -0.2) is 0 Å². The van der Waals surface area contributed by atoms with Gasteiger partial charge in [0.05, 0.1) is 0 Å². The minimum absolute atomic E-state index is 1.12. The number of rotatable bonds is 6. The molecule has 0 unspecified atom stereocenters. The molecule has 8 aromatic carbocycles. The summed E-state index contributed by atoms with van der Waals surface area (Å²) in [7, 11) is 0. The van der Waals surface area contributed by atoms with Gasteiger partial charge in [-0.05, 0) is 94.0 Å². The summed E-state index contributed by atoms with van der Waals surface area (Å²) < 4.78 is 5.25. The molecule has 0 radical (unpaired) electrons. The van der Waals surface area contributed by atoms with Gasteiger partial charge in [-0.2, -0.15) is 0 Å². The molecule has 2 heterocycles. The van der Waals surface area contributed by atoms with Gasteiger partial charge >= 0.3 is 0 Å². The van der Waals surface area contributed by atoms with Gasteiger partial charge in [-0.25, -0.2) is 0 Å². The fourth-order valence-electron chi connectivity index (χ4n) is 7.40. The Hall–Kier alpha value is -6.00. The van der Waals surface area contributed by atoms with E-state index in [9.17, 15) is 0 Å². The second kappa shape index (κ2) is 12.4. The lowest BCUT2D eigenvalue weighted by Gasteiger charge is -2.27. The smallest absolute Gasteiger partial charge is 0.0473 e. The standard InChI is InChI=1S/C48H31NS2/c1-3-12-32(13-4-1)34-22-24-37(25-23-34)49(38-26-27-47-44(31-38)42-17-8-9-20-45(42)50-47)39-29-35(33-14-5-2-6-15-33)28-36(30-39)40-18-11-19-43-41-16-7-10-21-46(41)51-48(40)43/h1-31H. The highest BCUT2D eigenvalue weighted by atomic mass is 32.1. The summed E-state index contributed by atoms with van der Waals surface area (Å²) in [6.45, 7) is 0. The third kappa shape index (κ3) is 5.30. The third-order valence-electron chi connectivity index (χ3n) is 9.85. The lowest BCUT2D eigenvalue weighted by atomic mass is 9.96. The summed E-state index contributed by atoms with van der Waals surface area (Å²) >= 11 is 3.74. The van der Waals surface area contributed by atoms with E-state index in [1.165, 1.54) is 73.7 Å². The van der Waals surface area contributed by atoms with Crippen molar-refractivity contribution in [3.63, 3.8) is 0 Å². The second-order valence-electron chi connectivity index (χ2n) is 12.9. The van der Waals surface area contributed by atoms with Crippen LogP contribution in [0.2, 0.25) is 0 Å². The fraction of sp³-hybridized carbons (Fsp3) is 0. The largest absolute Gasteiger partial charge is 0.310 e. The highest BCUT2D eigenvalue weighted by Gasteiger charge is 2.19. The highest BCUT2D eigenvalue weighted by molar-refractivity contribution is 7.26. The Morgan fingerprint density at radius 1 is 0.294 bits per heavy atom. The Bertz CT molecular complexity index is 2850. The van der Waals surface area contributed by atoms with Gasteiger partial charge in [-0.15, -0.1) is 22.7 Å². The summed E-state index contributed by atoms with van der Waals surface area (Å²) in [5, 5.41) is 5.21. The Morgan fingerprint density at radius 3 is 1.59 bits per heavy atom. The van der Waals surface area contributed by atoms with Crippen molar-refractivity contribution in [2.75, 3.05) is 4.90 Å². The first-order valence-corrected chi connectivity index (χ1v) is 18.9. The van der Waals surface area contributed by atoms with E-state index in [-0.39, 0.29) is 0 Å². The van der Waals surface area contributed by atoms with Crippen LogP contribution in [0.4, 0.5) is 17.1 Å². The van der Waals surface area contributed by atoms with Crippen molar-refractivity contribution in [1.29, 1.82) is 0 Å². The van der Waals surface area contributed by atoms with Gasteiger partial charge in [0.1, 0.15) is 0 Å². The maximum absolute atomic E-state index is 2.43. The first-order valence-electron chi connectivity index (χ1n) is 17.2. The summed E-state index contributed by atoms with van der Waals surface area (Å²) in [4.78, 5) is 2.43. The van der Waals surface area contributed by atoms with Crippen LogP contribution in [0.5, 0.6) is 0 Å². The third-order valence-corrected chi connectivity index (χ3v) is 12.2. The minimum atomic E-state index is 1.12. The molecule has 3 heteroatoms. The number of fused-ring (bicyclic) bond motifs is 6. The Labute approximate surface area is 304 Å². The van der Waals surface area contributed by atoms with Crippen LogP contribution in [0.1, 0.15) is 0 Å². The molecular weight excluding hydrogens is 655 g/mol. The fourth-order valence-corrected chi connectivity index (χ4v) is 9.73. The number of thiophene rings is 2. The van der Waals surface area contributed by atoms with Crippen LogP contribution in [0.3, 0.4) is 0 Å². The molecule has 240 valence electrons. The molecule has 0 aliphatic rings. The number of hydrogen-bond acceptors (Lipinski definition) is 3. The second-order valence-corrected chi connectivity index (χ2v) is 15.1. The molecule has 0 saturated carbocycles. The van der Waals surface area contributed by atoms with Crippen molar-refractivity contribution in [3.8, 4) is 33.4 Å². The lowest BCUT2D eigenvalue weighted by Crippen LogP contribution is -2.10. The van der Waals surface area contributed by atoms with Gasteiger partial charge in [0.2, 0.25) is 0 Å². The van der Waals surface area contributed by atoms with Crippen molar-refractivity contribution in [3.05, 3.63) is 188 Å². The average Bonchev–Trinajstić information content (AvgIpc) is 3.77. The zero-order valence-electron chi connectivity index (χ0n) is 27.7. The minimum Gasteiger partial charge on any atom is -0.310 e. The number of anilines is 3. The van der Waals surface area contributed by atoms with Gasteiger partial charge in [0.25, 0.3) is 0 Å². The zero-order chi connectivity index (χ0) is 33.7. The van der Waals surface area contributed by atoms with Gasteiger partial charge in [0.15, 0.2) is 0 Å². The van der Waals surface area contributed by atoms with Crippen molar-refractivity contribution in [1.82, 2.24) is 0 Å². The van der Waals surface area contributed by atoms with Crippen LogP contribution in [0.25, 0.3) is 73.7 Å². The summed E-state index contributed by atoms with van der Waals surface area (Å²) in [5.74, 6) is 0. The molecule has 0 aliphatic heterocycles. The topological polar surface area (TPSA) is 3.24 Å². The molecule has 51 heavy (non-hydrogen) atoms. The van der Waals surface area contributed by atoms with Crippen LogP contribution in [-0.2, 0) is 0 Å². The number of benzene rings is 8. The molecule has 0 saturated heterocycles. The van der Waals surface area contributed by atoms with E-state index < -0.39 is 0 Å². The van der Waals surface area contributed by atoms with Gasteiger partial charge in [0, 0.05) is 57.4 Å². The van der Waals surface area contributed by atoms with Crippen LogP contribution in [0, 0.1) is 0 Å². The molecule has 2 aromatic heterocycles. The van der Waals surface area contributed by atoms with E-state index in [0.717, 1.165) is 17.1 Å². The van der Waals surface area contributed by atoms with Crippen molar-refractivity contribution < 1.29 is 0 Å². The van der Waals surface area contributed by atoms with Crippen molar-refractivity contribution in [2.45, 2.75) is 0 Å². The first-order chi connectivity index (χ1) is 25.3. The lowest BCUT2D eigenvalue weighted by molar-refractivity contribution is 1.29. The molecule has 0 aliphatic carbocycles. The van der Waals surface area contributed by atoms with E-state index in [0.29, 0.717) is 0 Å². The average molecular weight is 686 g/mol. The Kier molecular flexibility index (Phi) is 7.26. The van der Waals surface area contributed by atoms with Crippen molar-refractivity contribution >= 4 is 80.1 Å². The molecule has 0 fully saturated rings. The van der Waals surface area contributed by atoms with Gasteiger partial charge in [-0.3, -0.25) is 0 Å². The van der Waals surface area contributed by atoms with Crippen molar-refractivity contribution in [2.24, 2.45) is 0 Å². The summed E-state index contributed by atoms with van der Waals surface area (Å²) in [5.41, 5.74) is 10.6. The van der Waals surface area contributed by atoms with Gasteiger partial charge < -0.3 is 4.90 Å². The molecule has 0 amide bonds. The van der Waals surface area contributed by atoms with Gasteiger partial charge in [-0.1, -0.05) is 127 Å². The summed E-state index contributed by atoms with van der Waals surface area (Å²) in [6.07, 6.45) is 0. The normalized spacial score (nSPS) is 11.5.